The van der Waals surface area contributed by atoms with Crippen molar-refractivity contribution in [1.82, 2.24) is 0 Å². The monoisotopic (exact) mass is 316 g/mol. The highest BCUT2D eigenvalue weighted by Crippen LogP contribution is 2.29. The number of hydrogen-bond donors (Lipinski definition) is 0. The van der Waals surface area contributed by atoms with Gasteiger partial charge in [0.1, 0.15) is 0 Å². The number of alkyl halides is 3. The van der Waals surface area contributed by atoms with Gasteiger partial charge >= 0.3 is 12.1 Å². The average Bonchev–Trinajstić information content (AvgIpc) is 2.46. The van der Waals surface area contributed by atoms with Crippen LogP contribution in [0.25, 0.3) is 0 Å². The maximum atomic E-state index is 12.4. The second kappa shape index (κ2) is 8.56. The molecule has 0 spiro atoms. The molecule has 0 aromatic heterocycles. The molecule has 0 aliphatic carbocycles. The second-order valence-corrected chi connectivity index (χ2v) is 4.86. The number of halogens is 3. The molecule has 0 fully saturated rings. The molecule has 22 heavy (non-hydrogen) atoms. The molecule has 6 heteroatoms. The predicted octanol–water partition coefficient (Wildman–Crippen LogP) is 4.40. The van der Waals surface area contributed by atoms with E-state index in [2.05, 4.69) is 0 Å². The van der Waals surface area contributed by atoms with Gasteiger partial charge in [-0.3, -0.25) is 9.59 Å². The van der Waals surface area contributed by atoms with E-state index in [1.165, 1.54) is 12.1 Å². The molecule has 1 aromatic carbocycles. The zero-order chi connectivity index (χ0) is 16.6. The number of unbranched alkanes of at least 4 members (excludes halogenated alkanes) is 2. The molecule has 0 aliphatic heterocycles. The van der Waals surface area contributed by atoms with E-state index in [1.54, 1.807) is 6.92 Å². The Balaban J connectivity index is 2.32. The number of hydrogen-bond acceptors (Lipinski definition) is 3. The van der Waals surface area contributed by atoms with Crippen molar-refractivity contribution in [2.75, 3.05) is 6.61 Å². The SMILES string of the molecule is CCOC(=O)CCCCCC(=O)c1ccc(C(F)(F)F)cc1. The van der Waals surface area contributed by atoms with Gasteiger partial charge in [0, 0.05) is 18.4 Å². The molecule has 0 saturated heterocycles. The van der Waals surface area contributed by atoms with Crippen LogP contribution in [0.5, 0.6) is 0 Å². The molecule has 1 aromatic rings. The van der Waals surface area contributed by atoms with E-state index < -0.39 is 11.7 Å². The van der Waals surface area contributed by atoms with Crippen LogP contribution in [0, 0.1) is 0 Å². The summed E-state index contributed by atoms with van der Waals surface area (Å²) in [7, 11) is 0. The number of ketones is 1. The van der Waals surface area contributed by atoms with Crippen molar-refractivity contribution in [2.24, 2.45) is 0 Å². The minimum atomic E-state index is -4.39. The van der Waals surface area contributed by atoms with E-state index in [0.29, 0.717) is 32.3 Å². The van der Waals surface area contributed by atoms with Crippen LogP contribution in [0.15, 0.2) is 24.3 Å². The molecular formula is C16H19F3O3. The van der Waals surface area contributed by atoms with Gasteiger partial charge < -0.3 is 4.74 Å². The minimum Gasteiger partial charge on any atom is -0.466 e. The zero-order valence-corrected chi connectivity index (χ0v) is 12.4. The molecule has 3 nitrogen and oxygen atoms in total. The van der Waals surface area contributed by atoms with E-state index in [0.717, 1.165) is 12.1 Å². The Hall–Kier alpha value is -1.85. The van der Waals surface area contributed by atoms with Crippen molar-refractivity contribution < 1.29 is 27.5 Å². The number of rotatable bonds is 8. The number of Topliss-reactive ketones (excluding diaryl/α,β-unsaturated/α-hetero) is 1. The Morgan fingerprint density at radius 1 is 1.00 bits per heavy atom. The van der Waals surface area contributed by atoms with Crippen LogP contribution in [0.4, 0.5) is 13.2 Å². The average molecular weight is 316 g/mol. The number of benzene rings is 1. The first-order valence-electron chi connectivity index (χ1n) is 7.20. The van der Waals surface area contributed by atoms with Gasteiger partial charge in [0.15, 0.2) is 5.78 Å². The summed E-state index contributed by atoms with van der Waals surface area (Å²) in [6.45, 7) is 2.09. The lowest BCUT2D eigenvalue weighted by atomic mass is 10.0. The fourth-order valence-corrected chi connectivity index (χ4v) is 1.95. The van der Waals surface area contributed by atoms with Crippen LogP contribution < -0.4 is 0 Å². The quantitative estimate of drug-likeness (QED) is 0.405. The minimum absolute atomic E-state index is 0.190. The number of carbonyl (C=O) groups is 2. The Morgan fingerprint density at radius 3 is 2.14 bits per heavy atom. The first-order chi connectivity index (χ1) is 10.3. The lowest BCUT2D eigenvalue weighted by molar-refractivity contribution is -0.143. The molecule has 0 heterocycles. The molecule has 0 atom stereocenters. The summed E-state index contributed by atoms with van der Waals surface area (Å²) in [4.78, 5) is 22.9. The summed E-state index contributed by atoms with van der Waals surface area (Å²) in [5.74, 6) is -0.443. The molecule has 0 aliphatic rings. The summed E-state index contributed by atoms with van der Waals surface area (Å²) in [5, 5.41) is 0. The summed E-state index contributed by atoms with van der Waals surface area (Å²) < 4.78 is 42.0. The fraction of sp³-hybridized carbons (Fsp3) is 0.500. The van der Waals surface area contributed by atoms with Gasteiger partial charge in [0.25, 0.3) is 0 Å². The molecule has 0 unspecified atom stereocenters. The smallest absolute Gasteiger partial charge is 0.416 e. The maximum absolute atomic E-state index is 12.4. The molecule has 0 N–H and O–H groups in total. The Bertz CT molecular complexity index is 492. The Kier molecular flexibility index (Phi) is 7.08. The van der Waals surface area contributed by atoms with Crippen LogP contribution in [0.1, 0.15) is 54.9 Å². The highest BCUT2D eigenvalue weighted by atomic mass is 19.4. The van der Waals surface area contributed by atoms with Crippen LogP contribution in [0.2, 0.25) is 0 Å². The van der Waals surface area contributed by atoms with Gasteiger partial charge in [-0.25, -0.2) is 0 Å². The van der Waals surface area contributed by atoms with Crippen molar-refractivity contribution in [2.45, 2.75) is 45.2 Å². The molecular weight excluding hydrogens is 297 g/mol. The first-order valence-corrected chi connectivity index (χ1v) is 7.20. The third-order valence-electron chi connectivity index (χ3n) is 3.12. The van der Waals surface area contributed by atoms with Gasteiger partial charge in [-0.1, -0.05) is 18.6 Å². The van der Waals surface area contributed by atoms with Gasteiger partial charge in [-0.2, -0.15) is 13.2 Å². The zero-order valence-electron chi connectivity index (χ0n) is 12.4. The molecule has 0 bridgehead atoms. The fourth-order valence-electron chi connectivity index (χ4n) is 1.95. The van der Waals surface area contributed by atoms with E-state index >= 15 is 0 Å². The number of carbonyl (C=O) groups excluding carboxylic acids is 2. The highest BCUT2D eigenvalue weighted by molar-refractivity contribution is 5.96. The highest BCUT2D eigenvalue weighted by Gasteiger charge is 2.30. The predicted molar refractivity (Wildman–Crippen MR) is 75.5 cm³/mol. The standard InChI is InChI=1S/C16H19F3O3/c1-2-22-15(21)7-5-3-4-6-14(20)12-8-10-13(11-9-12)16(17,18)19/h8-11H,2-7H2,1H3. The Morgan fingerprint density at radius 2 is 1.59 bits per heavy atom. The van der Waals surface area contributed by atoms with Crippen molar-refractivity contribution in [1.29, 1.82) is 0 Å². The van der Waals surface area contributed by atoms with E-state index in [9.17, 15) is 22.8 Å². The van der Waals surface area contributed by atoms with E-state index in [-0.39, 0.29) is 23.7 Å². The summed E-state index contributed by atoms with van der Waals surface area (Å²) in [6, 6.07) is 4.22. The number of ether oxygens (including phenoxy) is 1. The molecule has 1 rings (SSSR count). The lowest BCUT2D eigenvalue weighted by Crippen LogP contribution is -2.06. The van der Waals surface area contributed by atoms with Crippen LogP contribution in [-0.2, 0) is 15.7 Å². The van der Waals surface area contributed by atoms with Crippen LogP contribution >= 0.6 is 0 Å². The van der Waals surface area contributed by atoms with Crippen molar-refractivity contribution >= 4 is 11.8 Å². The van der Waals surface area contributed by atoms with Crippen molar-refractivity contribution in [3.05, 3.63) is 35.4 Å². The largest absolute Gasteiger partial charge is 0.466 e. The van der Waals surface area contributed by atoms with Crippen LogP contribution in [0.3, 0.4) is 0 Å². The van der Waals surface area contributed by atoms with E-state index in [4.69, 9.17) is 4.74 Å². The first kappa shape index (κ1) is 18.2. The van der Waals surface area contributed by atoms with E-state index in [1.807, 2.05) is 0 Å². The van der Waals surface area contributed by atoms with Crippen molar-refractivity contribution in [3.8, 4) is 0 Å². The number of esters is 1. The van der Waals surface area contributed by atoms with Crippen molar-refractivity contribution in [3.63, 3.8) is 0 Å². The molecule has 0 saturated carbocycles. The lowest BCUT2D eigenvalue weighted by Gasteiger charge is -2.07. The normalized spacial score (nSPS) is 11.3. The summed E-state index contributed by atoms with van der Waals surface area (Å²) in [5.41, 5.74) is -0.489. The van der Waals surface area contributed by atoms with Gasteiger partial charge in [-0.05, 0) is 31.9 Å². The Labute approximate surface area is 127 Å². The topological polar surface area (TPSA) is 43.4 Å². The van der Waals surface area contributed by atoms with Gasteiger partial charge in [0.05, 0.1) is 12.2 Å². The third-order valence-corrected chi connectivity index (χ3v) is 3.12. The van der Waals surface area contributed by atoms with Gasteiger partial charge in [0.2, 0.25) is 0 Å². The van der Waals surface area contributed by atoms with Crippen LogP contribution in [-0.4, -0.2) is 18.4 Å². The van der Waals surface area contributed by atoms with Gasteiger partial charge in [-0.15, -0.1) is 0 Å². The third kappa shape index (κ3) is 6.28. The molecule has 122 valence electrons. The molecule has 0 radical (unpaired) electrons. The maximum Gasteiger partial charge on any atom is 0.416 e. The molecule has 0 amide bonds. The summed E-state index contributed by atoms with van der Waals surface area (Å²) in [6.07, 6.45) is -1.88. The second-order valence-electron chi connectivity index (χ2n) is 4.86. The summed E-state index contributed by atoms with van der Waals surface area (Å²) >= 11 is 0.